The van der Waals surface area contributed by atoms with Gasteiger partial charge in [-0.2, -0.15) is 5.26 Å². The number of hydrogen-bond acceptors (Lipinski definition) is 1. The number of benzene rings is 1. The zero-order valence-corrected chi connectivity index (χ0v) is 8.59. The zero-order valence-electron chi connectivity index (χ0n) is 8.59. The van der Waals surface area contributed by atoms with E-state index in [-0.39, 0.29) is 5.92 Å². The summed E-state index contributed by atoms with van der Waals surface area (Å²) in [6.45, 7) is 1.99. The summed E-state index contributed by atoms with van der Waals surface area (Å²) < 4.78 is 0. The van der Waals surface area contributed by atoms with E-state index in [0.717, 1.165) is 6.42 Å². The van der Waals surface area contributed by atoms with Crippen LogP contribution in [0.2, 0.25) is 0 Å². The number of aryl methyl sites for hydroxylation is 1. The highest BCUT2D eigenvalue weighted by molar-refractivity contribution is 5.40. The summed E-state index contributed by atoms with van der Waals surface area (Å²) in [5, 5.41) is 8.94. The molecule has 0 spiro atoms. The third-order valence-corrected chi connectivity index (χ3v) is 3.09. The molecule has 1 heteroatoms. The van der Waals surface area contributed by atoms with E-state index in [2.05, 4.69) is 24.3 Å². The van der Waals surface area contributed by atoms with Gasteiger partial charge in [-0.1, -0.05) is 18.2 Å². The Kier molecular flexibility index (Phi) is 2.54. The predicted octanol–water partition coefficient (Wildman–Crippen LogP) is 3.19. The van der Waals surface area contributed by atoms with Crippen molar-refractivity contribution in [3.05, 3.63) is 34.9 Å². The first-order valence-corrected chi connectivity index (χ1v) is 5.33. The van der Waals surface area contributed by atoms with Gasteiger partial charge in [-0.3, -0.25) is 0 Å². The van der Waals surface area contributed by atoms with Crippen molar-refractivity contribution in [2.75, 3.05) is 0 Å². The maximum atomic E-state index is 8.94. The fourth-order valence-corrected chi connectivity index (χ4v) is 2.29. The van der Waals surface area contributed by atoms with E-state index in [0.29, 0.717) is 0 Å². The molecule has 0 saturated heterocycles. The fourth-order valence-electron chi connectivity index (χ4n) is 2.29. The van der Waals surface area contributed by atoms with E-state index in [1.165, 1.54) is 36.0 Å². The molecule has 0 aromatic heterocycles. The third-order valence-electron chi connectivity index (χ3n) is 3.09. The Bertz CT molecular complexity index is 373. The van der Waals surface area contributed by atoms with Crippen LogP contribution in [0.5, 0.6) is 0 Å². The van der Waals surface area contributed by atoms with Crippen LogP contribution in [0.25, 0.3) is 0 Å². The Hall–Kier alpha value is -1.29. The Balaban J connectivity index is 2.46. The molecule has 0 saturated carbocycles. The number of hydrogen-bond donors (Lipinski definition) is 0. The van der Waals surface area contributed by atoms with Crippen LogP contribution in [-0.4, -0.2) is 0 Å². The molecule has 0 amide bonds. The lowest BCUT2D eigenvalue weighted by molar-refractivity contribution is 0.676. The van der Waals surface area contributed by atoms with E-state index >= 15 is 0 Å². The molecule has 72 valence electrons. The van der Waals surface area contributed by atoms with Gasteiger partial charge >= 0.3 is 0 Å². The molecule has 1 atom stereocenters. The topological polar surface area (TPSA) is 23.8 Å². The van der Waals surface area contributed by atoms with E-state index in [1.807, 2.05) is 6.92 Å². The highest BCUT2D eigenvalue weighted by Gasteiger charge is 2.15. The second-order valence-corrected chi connectivity index (χ2v) is 4.04. The Morgan fingerprint density at radius 3 is 2.86 bits per heavy atom. The largest absolute Gasteiger partial charge is 0.198 e. The van der Waals surface area contributed by atoms with Crippen LogP contribution in [0.15, 0.2) is 18.2 Å². The molecule has 1 unspecified atom stereocenters. The van der Waals surface area contributed by atoms with Crippen molar-refractivity contribution in [2.45, 2.75) is 38.5 Å². The summed E-state index contributed by atoms with van der Waals surface area (Å²) in [6, 6.07) is 8.74. The predicted molar refractivity (Wildman–Crippen MR) is 57.1 cm³/mol. The average Bonchev–Trinajstić information content (AvgIpc) is 2.27. The molecule has 1 aromatic rings. The summed E-state index contributed by atoms with van der Waals surface area (Å²) >= 11 is 0. The number of nitriles is 1. The summed E-state index contributed by atoms with van der Waals surface area (Å²) in [4.78, 5) is 0. The van der Waals surface area contributed by atoms with Gasteiger partial charge in [-0.25, -0.2) is 0 Å². The van der Waals surface area contributed by atoms with Gasteiger partial charge in [0, 0.05) is 0 Å². The fraction of sp³-hybridized carbons (Fsp3) is 0.462. The third kappa shape index (κ3) is 1.53. The molecule has 2 rings (SSSR count). The molecular formula is C13H15N. The summed E-state index contributed by atoms with van der Waals surface area (Å²) in [5.41, 5.74) is 4.17. The maximum Gasteiger partial charge on any atom is 0.0701 e. The van der Waals surface area contributed by atoms with Crippen molar-refractivity contribution in [3.63, 3.8) is 0 Å². The Labute approximate surface area is 85.4 Å². The zero-order chi connectivity index (χ0) is 9.97. The number of nitrogens with zero attached hydrogens (tertiary/aromatic N) is 1. The molecule has 0 bridgehead atoms. The lowest BCUT2D eigenvalue weighted by Gasteiger charge is -2.20. The van der Waals surface area contributed by atoms with E-state index < -0.39 is 0 Å². The normalized spacial score (nSPS) is 16.9. The van der Waals surface area contributed by atoms with Crippen molar-refractivity contribution < 1.29 is 0 Å². The minimum absolute atomic E-state index is 0.0445. The van der Waals surface area contributed by atoms with Crippen LogP contribution in [0.4, 0.5) is 0 Å². The highest BCUT2D eigenvalue weighted by Crippen LogP contribution is 2.28. The standard InChI is InChI=1S/C13H15N/c1-10(9-14)12-8-4-6-11-5-2-3-7-13(11)12/h4,6,8,10H,2-3,5,7H2,1H3. The highest BCUT2D eigenvalue weighted by atomic mass is 14.3. The maximum absolute atomic E-state index is 8.94. The monoisotopic (exact) mass is 185 g/mol. The van der Waals surface area contributed by atoms with Crippen LogP contribution >= 0.6 is 0 Å². The van der Waals surface area contributed by atoms with Gasteiger partial charge in [-0.15, -0.1) is 0 Å². The summed E-state index contributed by atoms with van der Waals surface area (Å²) in [6.07, 6.45) is 4.94. The van der Waals surface area contributed by atoms with Crippen LogP contribution in [0, 0.1) is 11.3 Å². The van der Waals surface area contributed by atoms with Gasteiger partial charge in [0.2, 0.25) is 0 Å². The van der Waals surface area contributed by atoms with Crippen molar-refractivity contribution in [2.24, 2.45) is 0 Å². The van der Waals surface area contributed by atoms with Crippen molar-refractivity contribution in [3.8, 4) is 6.07 Å². The van der Waals surface area contributed by atoms with Crippen molar-refractivity contribution >= 4 is 0 Å². The van der Waals surface area contributed by atoms with Crippen molar-refractivity contribution in [1.29, 1.82) is 5.26 Å². The molecule has 0 heterocycles. The van der Waals surface area contributed by atoms with Crippen LogP contribution in [0.3, 0.4) is 0 Å². The van der Waals surface area contributed by atoms with Crippen LogP contribution in [0.1, 0.15) is 42.4 Å². The lowest BCUT2D eigenvalue weighted by Crippen LogP contribution is -2.07. The van der Waals surface area contributed by atoms with Crippen molar-refractivity contribution in [1.82, 2.24) is 0 Å². The van der Waals surface area contributed by atoms with Gasteiger partial charge in [0.05, 0.1) is 12.0 Å². The number of fused-ring (bicyclic) bond motifs is 1. The van der Waals surface area contributed by atoms with Gasteiger partial charge < -0.3 is 0 Å². The minimum Gasteiger partial charge on any atom is -0.198 e. The van der Waals surface area contributed by atoms with Gasteiger partial charge in [0.25, 0.3) is 0 Å². The summed E-state index contributed by atoms with van der Waals surface area (Å²) in [5.74, 6) is 0.0445. The first kappa shape index (κ1) is 9.27. The Morgan fingerprint density at radius 1 is 1.29 bits per heavy atom. The van der Waals surface area contributed by atoms with E-state index in [9.17, 15) is 0 Å². The summed E-state index contributed by atoms with van der Waals surface area (Å²) in [7, 11) is 0. The molecule has 0 N–H and O–H groups in total. The van der Waals surface area contributed by atoms with E-state index in [1.54, 1.807) is 0 Å². The van der Waals surface area contributed by atoms with Gasteiger partial charge in [-0.05, 0) is 49.3 Å². The molecule has 0 radical (unpaired) electrons. The van der Waals surface area contributed by atoms with Gasteiger partial charge in [0.15, 0.2) is 0 Å². The van der Waals surface area contributed by atoms with Crippen LogP contribution < -0.4 is 0 Å². The molecule has 0 aliphatic heterocycles. The first-order chi connectivity index (χ1) is 6.83. The SMILES string of the molecule is CC(C#N)c1cccc2c1CCCC2. The van der Waals surface area contributed by atoms with Crippen LogP contribution in [-0.2, 0) is 12.8 Å². The molecular weight excluding hydrogens is 170 g/mol. The molecule has 1 aliphatic rings. The molecule has 1 aromatic carbocycles. The second-order valence-electron chi connectivity index (χ2n) is 4.04. The molecule has 1 aliphatic carbocycles. The lowest BCUT2D eigenvalue weighted by atomic mass is 9.85. The Morgan fingerprint density at radius 2 is 2.07 bits per heavy atom. The quantitative estimate of drug-likeness (QED) is 0.659. The first-order valence-electron chi connectivity index (χ1n) is 5.33. The van der Waals surface area contributed by atoms with Gasteiger partial charge in [0.1, 0.15) is 0 Å². The smallest absolute Gasteiger partial charge is 0.0701 e. The second kappa shape index (κ2) is 3.84. The minimum atomic E-state index is 0.0445. The van der Waals surface area contributed by atoms with E-state index in [4.69, 9.17) is 5.26 Å². The number of rotatable bonds is 1. The molecule has 14 heavy (non-hydrogen) atoms. The average molecular weight is 185 g/mol. The molecule has 1 nitrogen and oxygen atoms in total. The molecule has 0 fully saturated rings.